The summed E-state index contributed by atoms with van der Waals surface area (Å²) in [5, 5.41) is 4.02. The number of hydrogen-bond acceptors (Lipinski definition) is 5. The lowest BCUT2D eigenvalue weighted by atomic mass is 9.97. The topological polar surface area (TPSA) is 87.9 Å². The second-order valence-electron chi connectivity index (χ2n) is 6.11. The van der Waals surface area contributed by atoms with Crippen molar-refractivity contribution < 1.29 is 9.32 Å². The Balaban J connectivity index is 1.73. The predicted molar refractivity (Wildman–Crippen MR) is 79.6 cm³/mol. The highest BCUT2D eigenvalue weighted by atomic mass is 16.5. The van der Waals surface area contributed by atoms with Crippen LogP contribution in [0.1, 0.15) is 66.4 Å². The van der Waals surface area contributed by atoms with Crippen LogP contribution in [0.25, 0.3) is 0 Å². The Morgan fingerprint density at radius 3 is 2.95 bits per heavy atom. The minimum atomic E-state index is -0.0351. The number of carbonyl (C=O) groups is 1. The van der Waals surface area contributed by atoms with Crippen LogP contribution in [0, 0.1) is 6.92 Å². The standard InChI is InChI=1S/C15H21N5O2/c1-9(2)13-18-14(22-19-13)11-5-4-6-20(7-11)15(21)12-10(3)16-8-17-12/h8-9,11H,4-7H2,1-3H3,(H,16,17)/t11-/m0/s1. The number of aromatic amines is 1. The minimum absolute atomic E-state index is 0.0351. The van der Waals surface area contributed by atoms with Crippen molar-refractivity contribution in [1.82, 2.24) is 25.0 Å². The highest BCUT2D eigenvalue weighted by Crippen LogP contribution is 2.27. The molecule has 1 amide bonds. The number of piperidine rings is 1. The average Bonchev–Trinajstić information content (AvgIpc) is 3.15. The molecule has 1 aliphatic heterocycles. The van der Waals surface area contributed by atoms with Crippen LogP contribution in [0.4, 0.5) is 0 Å². The number of aryl methyl sites for hydroxylation is 1. The zero-order valence-corrected chi connectivity index (χ0v) is 13.2. The molecule has 7 nitrogen and oxygen atoms in total. The first kappa shape index (κ1) is 14.7. The molecule has 1 N–H and O–H groups in total. The summed E-state index contributed by atoms with van der Waals surface area (Å²) in [6, 6.07) is 0. The maximum atomic E-state index is 12.5. The Labute approximate surface area is 129 Å². The van der Waals surface area contributed by atoms with Crippen LogP contribution in [-0.4, -0.2) is 44.0 Å². The summed E-state index contributed by atoms with van der Waals surface area (Å²) in [5.41, 5.74) is 1.29. The number of H-pyrrole nitrogens is 1. The zero-order chi connectivity index (χ0) is 15.7. The number of rotatable bonds is 3. The van der Waals surface area contributed by atoms with E-state index in [2.05, 4.69) is 20.1 Å². The van der Waals surface area contributed by atoms with Crippen molar-refractivity contribution in [2.24, 2.45) is 0 Å². The molecule has 0 aromatic carbocycles. The zero-order valence-electron chi connectivity index (χ0n) is 13.2. The fourth-order valence-corrected chi connectivity index (χ4v) is 2.73. The minimum Gasteiger partial charge on any atom is -0.348 e. The van der Waals surface area contributed by atoms with Gasteiger partial charge < -0.3 is 14.4 Å². The summed E-state index contributed by atoms with van der Waals surface area (Å²) >= 11 is 0. The first-order chi connectivity index (χ1) is 10.6. The molecular weight excluding hydrogens is 282 g/mol. The average molecular weight is 303 g/mol. The van der Waals surface area contributed by atoms with Gasteiger partial charge in [-0.1, -0.05) is 19.0 Å². The van der Waals surface area contributed by atoms with E-state index in [-0.39, 0.29) is 17.7 Å². The predicted octanol–water partition coefficient (Wildman–Crippen LogP) is 2.24. The van der Waals surface area contributed by atoms with Crippen molar-refractivity contribution >= 4 is 5.91 Å². The Morgan fingerprint density at radius 1 is 1.50 bits per heavy atom. The van der Waals surface area contributed by atoms with Crippen LogP contribution in [0.3, 0.4) is 0 Å². The second-order valence-corrected chi connectivity index (χ2v) is 6.11. The van der Waals surface area contributed by atoms with Gasteiger partial charge in [0, 0.05) is 24.7 Å². The monoisotopic (exact) mass is 303 g/mol. The van der Waals surface area contributed by atoms with Crippen LogP contribution in [-0.2, 0) is 0 Å². The number of aromatic nitrogens is 4. The van der Waals surface area contributed by atoms with E-state index >= 15 is 0 Å². The summed E-state index contributed by atoms with van der Waals surface area (Å²) in [7, 11) is 0. The molecule has 0 unspecified atom stereocenters. The summed E-state index contributed by atoms with van der Waals surface area (Å²) < 4.78 is 5.39. The van der Waals surface area contributed by atoms with Crippen LogP contribution in [0.15, 0.2) is 10.9 Å². The van der Waals surface area contributed by atoms with Crippen molar-refractivity contribution in [1.29, 1.82) is 0 Å². The normalized spacial score (nSPS) is 18.9. The van der Waals surface area contributed by atoms with Crippen LogP contribution in [0.2, 0.25) is 0 Å². The van der Waals surface area contributed by atoms with Gasteiger partial charge in [-0.2, -0.15) is 4.98 Å². The van der Waals surface area contributed by atoms with E-state index in [0.717, 1.165) is 30.9 Å². The molecule has 1 fully saturated rings. The molecular formula is C15H21N5O2. The van der Waals surface area contributed by atoms with Gasteiger partial charge in [-0.15, -0.1) is 0 Å². The van der Waals surface area contributed by atoms with Crippen LogP contribution < -0.4 is 0 Å². The quantitative estimate of drug-likeness (QED) is 0.939. The Bertz CT molecular complexity index is 660. The van der Waals surface area contributed by atoms with Crippen LogP contribution >= 0.6 is 0 Å². The Kier molecular flexibility index (Phi) is 3.96. The summed E-state index contributed by atoms with van der Waals surface area (Å²) in [5.74, 6) is 1.68. The number of amides is 1. The second kappa shape index (κ2) is 5.90. The lowest BCUT2D eigenvalue weighted by Gasteiger charge is -2.30. The third-order valence-corrected chi connectivity index (χ3v) is 4.06. The van der Waals surface area contributed by atoms with Crippen molar-refractivity contribution in [2.45, 2.75) is 45.4 Å². The van der Waals surface area contributed by atoms with Gasteiger partial charge in [0.1, 0.15) is 5.69 Å². The number of hydrogen-bond donors (Lipinski definition) is 1. The SMILES string of the molecule is Cc1[nH]cnc1C(=O)N1CCC[C@H](c2nc(C(C)C)no2)C1. The lowest BCUT2D eigenvalue weighted by Crippen LogP contribution is -2.39. The maximum Gasteiger partial charge on any atom is 0.274 e. The van der Waals surface area contributed by atoms with Crippen molar-refractivity contribution in [3.05, 3.63) is 29.4 Å². The van der Waals surface area contributed by atoms with Gasteiger partial charge in [-0.3, -0.25) is 4.79 Å². The molecule has 0 saturated carbocycles. The van der Waals surface area contributed by atoms with E-state index in [1.165, 1.54) is 0 Å². The molecule has 0 aliphatic carbocycles. The lowest BCUT2D eigenvalue weighted by molar-refractivity contribution is 0.0689. The smallest absolute Gasteiger partial charge is 0.274 e. The van der Waals surface area contributed by atoms with Gasteiger partial charge in [0.15, 0.2) is 5.82 Å². The molecule has 22 heavy (non-hydrogen) atoms. The highest BCUT2D eigenvalue weighted by Gasteiger charge is 2.30. The summed E-state index contributed by atoms with van der Waals surface area (Å²) in [6.07, 6.45) is 3.44. The van der Waals surface area contributed by atoms with E-state index in [1.54, 1.807) is 6.33 Å². The molecule has 118 valence electrons. The third-order valence-electron chi connectivity index (χ3n) is 4.06. The van der Waals surface area contributed by atoms with Gasteiger partial charge in [-0.25, -0.2) is 4.98 Å². The number of nitrogens with one attached hydrogen (secondary N) is 1. The summed E-state index contributed by atoms with van der Waals surface area (Å²) in [4.78, 5) is 25.9. The Hall–Kier alpha value is -2.18. The van der Waals surface area contributed by atoms with Gasteiger partial charge in [0.05, 0.1) is 12.2 Å². The Morgan fingerprint density at radius 2 is 2.32 bits per heavy atom. The molecule has 1 saturated heterocycles. The van der Waals surface area contributed by atoms with E-state index in [1.807, 2.05) is 25.7 Å². The van der Waals surface area contributed by atoms with Crippen molar-refractivity contribution in [3.8, 4) is 0 Å². The first-order valence-corrected chi connectivity index (χ1v) is 7.69. The van der Waals surface area contributed by atoms with Crippen molar-refractivity contribution in [2.75, 3.05) is 13.1 Å². The molecule has 3 heterocycles. The number of imidazole rings is 1. The largest absolute Gasteiger partial charge is 0.348 e. The molecule has 7 heteroatoms. The molecule has 3 rings (SSSR count). The van der Waals surface area contributed by atoms with E-state index in [4.69, 9.17) is 4.52 Å². The summed E-state index contributed by atoms with van der Waals surface area (Å²) in [6.45, 7) is 7.27. The molecule has 0 bridgehead atoms. The van der Waals surface area contributed by atoms with E-state index in [9.17, 15) is 4.79 Å². The van der Waals surface area contributed by atoms with E-state index in [0.29, 0.717) is 18.1 Å². The van der Waals surface area contributed by atoms with Crippen LogP contribution in [0.5, 0.6) is 0 Å². The van der Waals surface area contributed by atoms with Gasteiger partial charge in [0.25, 0.3) is 5.91 Å². The number of carbonyl (C=O) groups excluding carboxylic acids is 1. The fourth-order valence-electron chi connectivity index (χ4n) is 2.73. The highest BCUT2D eigenvalue weighted by molar-refractivity contribution is 5.93. The van der Waals surface area contributed by atoms with Crippen molar-refractivity contribution in [3.63, 3.8) is 0 Å². The third kappa shape index (κ3) is 2.75. The fraction of sp³-hybridized carbons (Fsp3) is 0.600. The molecule has 1 aliphatic rings. The molecule has 0 spiro atoms. The molecule has 2 aromatic rings. The van der Waals surface area contributed by atoms with Gasteiger partial charge >= 0.3 is 0 Å². The van der Waals surface area contributed by atoms with Gasteiger partial charge in [0.2, 0.25) is 5.89 Å². The molecule has 2 aromatic heterocycles. The molecule has 1 atom stereocenters. The number of nitrogens with zero attached hydrogens (tertiary/aromatic N) is 4. The molecule has 0 radical (unpaired) electrons. The number of likely N-dealkylation sites (tertiary alicyclic amines) is 1. The maximum absolute atomic E-state index is 12.5. The van der Waals surface area contributed by atoms with Gasteiger partial charge in [-0.05, 0) is 19.8 Å². The first-order valence-electron chi connectivity index (χ1n) is 7.69. The van der Waals surface area contributed by atoms with E-state index < -0.39 is 0 Å².